The van der Waals surface area contributed by atoms with E-state index in [1.54, 1.807) is 54.7 Å². The number of pyridine rings is 1. The quantitative estimate of drug-likeness (QED) is 0.615. The second-order valence-corrected chi connectivity index (χ2v) is 6.25. The zero-order valence-electron chi connectivity index (χ0n) is 14.1. The predicted octanol–water partition coefficient (Wildman–Crippen LogP) is 4.79. The van der Waals surface area contributed by atoms with E-state index in [2.05, 4.69) is 26.2 Å². The number of rotatable bonds is 6. The van der Waals surface area contributed by atoms with Gasteiger partial charge in [0, 0.05) is 16.4 Å². The molecule has 0 saturated heterocycles. The highest BCUT2D eigenvalue weighted by Gasteiger charge is 2.14. The Hall–Kier alpha value is -3.37. The Labute approximate surface area is 164 Å². The van der Waals surface area contributed by atoms with Crippen LogP contribution in [0.3, 0.4) is 0 Å². The smallest absolute Gasteiger partial charge is 0.261 e. The molecule has 2 aromatic carbocycles. The van der Waals surface area contributed by atoms with Crippen molar-refractivity contribution in [1.82, 2.24) is 4.98 Å². The minimum absolute atomic E-state index is 0.0296. The van der Waals surface area contributed by atoms with E-state index in [9.17, 15) is 4.79 Å². The lowest BCUT2D eigenvalue weighted by molar-refractivity contribution is 0.102. The number of ether oxygens (including phenoxy) is 2. The highest BCUT2D eigenvalue weighted by molar-refractivity contribution is 9.10. The summed E-state index contributed by atoms with van der Waals surface area (Å²) in [6, 6.07) is 19.2. The molecule has 0 spiro atoms. The van der Waals surface area contributed by atoms with Crippen molar-refractivity contribution >= 4 is 27.5 Å². The van der Waals surface area contributed by atoms with Gasteiger partial charge in [0.25, 0.3) is 5.91 Å². The van der Waals surface area contributed by atoms with Gasteiger partial charge in [-0.2, -0.15) is 5.26 Å². The number of hydrogen-bond donors (Lipinski definition) is 1. The molecule has 0 aliphatic heterocycles. The van der Waals surface area contributed by atoms with Gasteiger partial charge in [0.15, 0.2) is 6.61 Å². The van der Waals surface area contributed by atoms with Gasteiger partial charge in [-0.3, -0.25) is 4.79 Å². The molecule has 134 valence electrons. The van der Waals surface area contributed by atoms with Gasteiger partial charge in [-0.1, -0.05) is 15.9 Å². The maximum absolute atomic E-state index is 12.6. The molecule has 0 aliphatic rings. The Morgan fingerprint density at radius 1 is 1.07 bits per heavy atom. The van der Waals surface area contributed by atoms with E-state index in [0.29, 0.717) is 22.7 Å². The van der Waals surface area contributed by atoms with E-state index in [0.717, 1.165) is 4.47 Å². The molecule has 0 fully saturated rings. The molecule has 1 heterocycles. The van der Waals surface area contributed by atoms with Crippen LogP contribution in [0.5, 0.6) is 17.4 Å². The third kappa shape index (κ3) is 5.06. The molecule has 1 amide bonds. The Balaban J connectivity index is 1.73. The summed E-state index contributed by atoms with van der Waals surface area (Å²) in [6.07, 6.45) is 1.56. The van der Waals surface area contributed by atoms with Crippen LogP contribution in [0.15, 0.2) is 71.3 Å². The number of benzene rings is 2. The van der Waals surface area contributed by atoms with Crippen molar-refractivity contribution in [3.8, 4) is 23.4 Å². The van der Waals surface area contributed by atoms with Gasteiger partial charge < -0.3 is 14.8 Å². The van der Waals surface area contributed by atoms with Crippen LogP contribution >= 0.6 is 15.9 Å². The Morgan fingerprint density at radius 2 is 1.78 bits per heavy atom. The Kier molecular flexibility index (Phi) is 6.02. The number of anilines is 1. The third-order valence-electron chi connectivity index (χ3n) is 3.46. The van der Waals surface area contributed by atoms with Crippen molar-refractivity contribution in [2.75, 3.05) is 11.9 Å². The minimum Gasteiger partial charge on any atom is -0.479 e. The first kappa shape index (κ1) is 18.4. The van der Waals surface area contributed by atoms with Crippen LogP contribution < -0.4 is 14.8 Å². The molecular weight excluding hydrogens is 410 g/mol. The second kappa shape index (κ2) is 8.83. The zero-order valence-corrected chi connectivity index (χ0v) is 15.6. The molecule has 3 aromatic rings. The van der Waals surface area contributed by atoms with Crippen molar-refractivity contribution in [3.05, 3.63) is 76.9 Å². The van der Waals surface area contributed by atoms with Crippen molar-refractivity contribution < 1.29 is 14.3 Å². The van der Waals surface area contributed by atoms with Crippen LogP contribution in [0.2, 0.25) is 0 Å². The van der Waals surface area contributed by atoms with Gasteiger partial charge in [-0.25, -0.2) is 4.98 Å². The first-order chi connectivity index (χ1) is 13.2. The minimum atomic E-state index is -0.346. The molecule has 1 aromatic heterocycles. The second-order valence-electron chi connectivity index (χ2n) is 5.34. The largest absolute Gasteiger partial charge is 0.479 e. The molecule has 6 nitrogen and oxygen atoms in total. The first-order valence-electron chi connectivity index (χ1n) is 7.95. The summed E-state index contributed by atoms with van der Waals surface area (Å²) in [5.41, 5.74) is 0.896. The van der Waals surface area contributed by atoms with E-state index >= 15 is 0 Å². The van der Waals surface area contributed by atoms with E-state index in [1.807, 2.05) is 18.2 Å². The molecule has 0 unspecified atom stereocenters. The number of nitrogens with one attached hydrogen (secondary N) is 1. The average molecular weight is 424 g/mol. The SMILES string of the molecule is N#CCOc1ccc(NC(=O)c2cccnc2Oc2ccc(Br)cc2)cc1. The number of aromatic nitrogens is 1. The number of nitrogens with zero attached hydrogens (tertiary/aromatic N) is 2. The molecule has 27 heavy (non-hydrogen) atoms. The molecule has 0 aliphatic carbocycles. The van der Waals surface area contributed by atoms with Gasteiger partial charge >= 0.3 is 0 Å². The lowest BCUT2D eigenvalue weighted by Crippen LogP contribution is -2.13. The van der Waals surface area contributed by atoms with E-state index < -0.39 is 0 Å². The molecule has 1 N–H and O–H groups in total. The average Bonchev–Trinajstić information content (AvgIpc) is 2.69. The normalized spacial score (nSPS) is 9.93. The first-order valence-corrected chi connectivity index (χ1v) is 8.74. The van der Waals surface area contributed by atoms with Crippen molar-refractivity contribution in [3.63, 3.8) is 0 Å². The van der Waals surface area contributed by atoms with E-state index in [4.69, 9.17) is 14.7 Å². The summed E-state index contributed by atoms with van der Waals surface area (Å²) in [5, 5.41) is 11.3. The number of hydrogen-bond acceptors (Lipinski definition) is 5. The molecular formula is C20H14BrN3O3. The molecule has 3 rings (SSSR count). The zero-order chi connectivity index (χ0) is 19.1. The molecule has 0 radical (unpaired) electrons. The topological polar surface area (TPSA) is 84.2 Å². The summed E-state index contributed by atoms with van der Waals surface area (Å²) in [6.45, 7) is -0.0296. The molecule has 0 atom stereocenters. The monoisotopic (exact) mass is 423 g/mol. The van der Waals surface area contributed by atoms with Crippen molar-refractivity contribution in [1.29, 1.82) is 5.26 Å². The number of amides is 1. The Bertz CT molecular complexity index is 967. The van der Waals surface area contributed by atoms with Crippen LogP contribution in [-0.4, -0.2) is 17.5 Å². The van der Waals surface area contributed by atoms with Crippen LogP contribution in [-0.2, 0) is 0 Å². The third-order valence-corrected chi connectivity index (χ3v) is 3.99. The summed E-state index contributed by atoms with van der Waals surface area (Å²) in [5.74, 6) is 0.993. The summed E-state index contributed by atoms with van der Waals surface area (Å²) in [4.78, 5) is 16.8. The van der Waals surface area contributed by atoms with Gasteiger partial charge in [0.2, 0.25) is 5.88 Å². The van der Waals surface area contributed by atoms with Crippen LogP contribution in [0.25, 0.3) is 0 Å². The van der Waals surface area contributed by atoms with Crippen LogP contribution in [0, 0.1) is 11.3 Å². The summed E-state index contributed by atoms with van der Waals surface area (Å²) in [7, 11) is 0. The van der Waals surface area contributed by atoms with Gasteiger partial charge in [0.1, 0.15) is 23.1 Å². The fraction of sp³-hybridized carbons (Fsp3) is 0.0500. The predicted molar refractivity (Wildman–Crippen MR) is 104 cm³/mol. The highest BCUT2D eigenvalue weighted by Crippen LogP contribution is 2.25. The van der Waals surface area contributed by atoms with E-state index in [-0.39, 0.29) is 18.4 Å². The lowest BCUT2D eigenvalue weighted by atomic mass is 10.2. The maximum Gasteiger partial charge on any atom is 0.261 e. The fourth-order valence-corrected chi connectivity index (χ4v) is 2.47. The van der Waals surface area contributed by atoms with Crippen molar-refractivity contribution in [2.24, 2.45) is 0 Å². The number of nitriles is 1. The van der Waals surface area contributed by atoms with Gasteiger partial charge in [-0.15, -0.1) is 0 Å². The fourth-order valence-electron chi connectivity index (χ4n) is 2.21. The molecule has 0 saturated carbocycles. The number of carbonyl (C=O) groups excluding carboxylic acids is 1. The standard InChI is InChI=1S/C20H14BrN3O3/c21-14-3-7-17(8-4-14)27-20-18(2-1-12-23-20)19(25)24-15-5-9-16(10-6-15)26-13-11-22/h1-10,12H,13H2,(H,24,25). The van der Waals surface area contributed by atoms with Gasteiger partial charge in [0.05, 0.1) is 0 Å². The van der Waals surface area contributed by atoms with E-state index in [1.165, 1.54) is 0 Å². The lowest BCUT2D eigenvalue weighted by Gasteiger charge is -2.11. The van der Waals surface area contributed by atoms with Crippen LogP contribution in [0.4, 0.5) is 5.69 Å². The van der Waals surface area contributed by atoms with Gasteiger partial charge in [-0.05, 0) is 60.7 Å². The maximum atomic E-state index is 12.6. The number of halogens is 1. The summed E-state index contributed by atoms with van der Waals surface area (Å²) < 4.78 is 11.9. The molecule has 7 heteroatoms. The van der Waals surface area contributed by atoms with Crippen LogP contribution in [0.1, 0.15) is 10.4 Å². The number of carbonyl (C=O) groups is 1. The molecule has 0 bridgehead atoms. The summed E-state index contributed by atoms with van der Waals surface area (Å²) >= 11 is 3.36. The van der Waals surface area contributed by atoms with Crippen molar-refractivity contribution in [2.45, 2.75) is 0 Å². The highest BCUT2D eigenvalue weighted by atomic mass is 79.9. The Morgan fingerprint density at radius 3 is 2.48 bits per heavy atom.